The number of anilines is 2. The molecule has 7 heteroatoms. The van der Waals surface area contributed by atoms with E-state index in [-0.39, 0.29) is 0 Å². The van der Waals surface area contributed by atoms with Crippen molar-refractivity contribution in [2.75, 3.05) is 31.0 Å². The molecule has 0 fully saturated rings. The summed E-state index contributed by atoms with van der Waals surface area (Å²) in [5.41, 5.74) is 4.60. The van der Waals surface area contributed by atoms with Crippen molar-refractivity contribution in [2.24, 2.45) is 0 Å². The molecule has 33 heavy (non-hydrogen) atoms. The highest BCUT2D eigenvalue weighted by molar-refractivity contribution is 6.18. The maximum absolute atomic E-state index is 5.77. The molecule has 0 aliphatic rings. The minimum atomic E-state index is 0.390. The molecule has 0 radical (unpaired) electrons. The zero-order valence-corrected chi connectivity index (χ0v) is 19.3. The summed E-state index contributed by atoms with van der Waals surface area (Å²) in [6, 6.07) is 15.7. The van der Waals surface area contributed by atoms with Gasteiger partial charge in [-0.3, -0.25) is 0 Å². The first-order valence-corrected chi connectivity index (χ1v) is 11.1. The number of nitrogens with one attached hydrogen (secondary N) is 1. The second kappa shape index (κ2) is 13.4. The van der Waals surface area contributed by atoms with Crippen molar-refractivity contribution >= 4 is 23.2 Å². The van der Waals surface area contributed by atoms with Crippen LogP contribution in [0.3, 0.4) is 0 Å². The number of halogens is 1. The lowest BCUT2D eigenvalue weighted by Gasteiger charge is -2.13. The highest BCUT2D eigenvalue weighted by atomic mass is 35.5. The fraction of sp³-hybridized carbons (Fsp3) is 0.231. The zero-order valence-electron chi connectivity index (χ0n) is 18.5. The SMILES string of the molecule is C=CCOCc1cccc(-c2ccnc(Nc3ccc(OCCCl)c(COCC=C)c3)n2)c1. The van der Waals surface area contributed by atoms with Crippen molar-refractivity contribution in [3.05, 3.63) is 91.2 Å². The Kier molecular flexibility index (Phi) is 9.91. The molecule has 3 aromatic rings. The van der Waals surface area contributed by atoms with E-state index in [4.69, 9.17) is 25.8 Å². The normalized spacial score (nSPS) is 10.6. The molecule has 0 bridgehead atoms. The summed E-state index contributed by atoms with van der Waals surface area (Å²) in [4.78, 5) is 9.05. The number of nitrogens with zero attached hydrogens (tertiary/aromatic N) is 2. The van der Waals surface area contributed by atoms with Crippen molar-refractivity contribution in [3.8, 4) is 17.0 Å². The van der Waals surface area contributed by atoms with Gasteiger partial charge >= 0.3 is 0 Å². The van der Waals surface area contributed by atoms with Gasteiger partial charge in [-0.25, -0.2) is 9.97 Å². The molecule has 1 N–H and O–H groups in total. The van der Waals surface area contributed by atoms with Gasteiger partial charge < -0.3 is 19.5 Å². The number of hydrogen-bond donors (Lipinski definition) is 1. The smallest absolute Gasteiger partial charge is 0.227 e. The number of ether oxygens (including phenoxy) is 3. The van der Waals surface area contributed by atoms with E-state index in [0.29, 0.717) is 44.9 Å². The lowest BCUT2D eigenvalue weighted by Crippen LogP contribution is -2.04. The van der Waals surface area contributed by atoms with Crippen LogP contribution in [0.15, 0.2) is 80.0 Å². The standard InChI is InChI=1S/C26H28ClN3O3/c1-3-13-31-18-20-6-5-7-21(16-20)24-10-12-28-26(30-24)29-23-8-9-25(33-15-11-27)22(17-23)19-32-14-4-2/h3-10,12,16-17H,1-2,11,13-15,18-19H2,(H,28,29,30). The van der Waals surface area contributed by atoms with Crippen LogP contribution in [0.5, 0.6) is 5.75 Å². The first-order valence-electron chi connectivity index (χ1n) is 10.6. The van der Waals surface area contributed by atoms with Crippen molar-refractivity contribution in [1.82, 2.24) is 9.97 Å². The molecule has 1 aromatic heterocycles. The lowest BCUT2D eigenvalue weighted by molar-refractivity contribution is 0.145. The third-order valence-corrected chi connectivity index (χ3v) is 4.68. The predicted octanol–water partition coefficient (Wildman–Crippen LogP) is 5.91. The van der Waals surface area contributed by atoms with E-state index in [1.807, 2.05) is 42.5 Å². The molecule has 0 spiro atoms. The van der Waals surface area contributed by atoms with Crippen LogP contribution in [0.2, 0.25) is 0 Å². The number of hydrogen-bond acceptors (Lipinski definition) is 6. The van der Waals surface area contributed by atoms with Crippen LogP contribution in [-0.4, -0.2) is 35.7 Å². The van der Waals surface area contributed by atoms with Gasteiger partial charge in [-0.15, -0.1) is 24.8 Å². The second-order valence-corrected chi connectivity index (χ2v) is 7.44. The summed E-state index contributed by atoms with van der Waals surface area (Å²) >= 11 is 5.77. The summed E-state index contributed by atoms with van der Waals surface area (Å²) in [7, 11) is 0. The van der Waals surface area contributed by atoms with Crippen LogP contribution in [0, 0.1) is 0 Å². The average molecular weight is 466 g/mol. The first kappa shape index (κ1) is 24.5. The topological polar surface area (TPSA) is 65.5 Å². The Balaban J connectivity index is 1.76. The van der Waals surface area contributed by atoms with E-state index in [9.17, 15) is 0 Å². The van der Waals surface area contributed by atoms with Crippen LogP contribution in [0.4, 0.5) is 11.6 Å². The third kappa shape index (κ3) is 7.71. The van der Waals surface area contributed by atoms with E-state index in [0.717, 1.165) is 33.8 Å². The second-order valence-electron chi connectivity index (χ2n) is 7.06. The van der Waals surface area contributed by atoms with Gasteiger partial charge in [0.25, 0.3) is 0 Å². The fourth-order valence-electron chi connectivity index (χ4n) is 3.10. The molecule has 6 nitrogen and oxygen atoms in total. The van der Waals surface area contributed by atoms with Crippen LogP contribution >= 0.6 is 11.6 Å². The van der Waals surface area contributed by atoms with E-state index in [1.54, 1.807) is 18.3 Å². The average Bonchev–Trinajstić information content (AvgIpc) is 2.84. The minimum Gasteiger partial charge on any atom is -0.492 e. The Morgan fingerprint density at radius 1 is 0.970 bits per heavy atom. The molecule has 3 rings (SSSR count). The Labute approximate surface area is 199 Å². The van der Waals surface area contributed by atoms with Gasteiger partial charge in [0.15, 0.2) is 0 Å². The molecule has 0 aliphatic heterocycles. The van der Waals surface area contributed by atoms with E-state index >= 15 is 0 Å². The molecule has 0 unspecified atom stereocenters. The van der Waals surface area contributed by atoms with Crippen molar-refractivity contribution in [1.29, 1.82) is 0 Å². The summed E-state index contributed by atoms with van der Waals surface area (Å²) in [5.74, 6) is 1.64. The zero-order chi connectivity index (χ0) is 23.3. The Morgan fingerprint density at radius 3 is 2.58 bits per heavy atom. The number of aromatic nitrogens is 2. The molecule has 0 amide bonds. The largest absolute Gasteiger partial charge is 0.492 e. The van der Waals surface area contributed by atoms with E-state index in [2.05, 4.69) is 34.5 Å². The minimum absolute atomic E-state index is 0.390. The maximum atomic E-state index is 5.77. The molecular weight excluding hydrogens is 438 g/mol. The summed E-state index contributed by atoms with van der Waals surface area (Å²) in [5, 5.41) is 3.27. The highest BCUT2D eigenvalue weighted by Crippen LogP contribution is 2.26. The van der Waals surface area contributed by atoms with Crippen molar-refractivity contribution in [3.63, 3.8) is 0 Å². The summed E-state index contributed by atoms with van der Waals surface area (Å²) in [6.45, 7) is 9.65. The summed E-state index contributed by atoms with van der Waals surface area (Å²) in [6.07, 6.45) is 5.18. The predicted molar refractivity (Wildman–Crippen MR) is 133 cm³/mol. The van der Waals surface area contributed by atoms with Crippen LogP contribution in [0.1, 0.15) is 11.1 Å². The molecule has 1 heterocycles. The van der Waals surface area contributed by atoms with Gasteiger partial charge in [-0.1, -0.05) is 30.4 Å². The van der Waals surface area contributed by atoms with Crippen molar-refractivity contribution < 1.29 is 14.2 Å². The number of benzene rings is 2. The molecule has 0 saturated heterocycles. The fourth-order valence-corrected chi connectivity index (χ4v) is 3.18. The first-order chi connectivity index (χ1) is 16.2. The Bertz CT molecular complexity index is 1060. The lowest BCUT2D eigenvalue weighted by atomic mass is 10.1. The Hall–Kier alpha value is -3.19. The molecule has 172 valence electrons. The van der Waals surface area contributed by atoms with Crippen LogP contribution < -0.4 is 10.1 Å². The molecule has 0 saturated carbocycles. The Morgan fingerprint density at radius 2 is 1.79 bits per heavy atom. The monoisotopic (exact) mass is 465 g/mol. The molecule has 2 aromatic carbocycles. The highest BCUT2D eigenvalue weighted by Gasteiger charge is 2.09. The number of alkyl halides is 1. The van der Waals surface area contributed by atoms with Gasteiger partial charge in [0.05, 0.1) is 38.0 Å². The molecule has 0 aliphatic carbocycles. The maximum Gasteiger partial charge on any atom is 0.227 e. The van der Waals surface area contributed by atoms with Gasteiger partial charge in [0.1, 0.15) is 12.4 Å². The summed E-state index contributed by atoms with van der Waals surface area (Å²) < 4.78 is 16.9. The van der Waals surface area contributed by atoms with Gasteiger partial charge in [-0.2, -0.15) is 0 Å². The van der Waals surface area contributed by atoms with E-state index < -0.39 is 0 Å². The van der Waals surface area contributed by atoms with Gasteiger partial charge in [0, 0.05) is 23.0 Å². The third-order valence-electron chi connectivity index (χ3n) is 4.53. The molecular formula is C26H28ClN3O3. The quantitative estimate of drug-likeness (QED) is 0.181. The van der Waals surface area contributed by atoms with E-state index in [1.165, 1.54) is 0 Å². The van der Waals surface area contributed by atoms with Gasteiger partial charge in [0.2, 0.25) is 5.95 Å². The number of rotatable bonds is 14. The van der Waals surface area contributed by atoms with Crippen LogP contribution in [-0.2, 0) is 22.7 Å². The molecule has 0 atom stereocenters. The van der Waals surface area contributed by atoms with Crippen LogP contribution in [0.25, 0.3) is 11.3 Å². The van der Waals surface area contributed by atoms with Crippen molar-refractivity contribution in [2.45, 2.75) is 13.2 Å². The van der Waals surface area contributed by atoms with Gasteiger partial charge in [-0.05, 0) is 35.9 Å².